The Morgan fingerprint density at radius 1 is 0.971 bits per heavy atom. The van der Waals surface area contributed by atoms with Gasteiger partial charge in [0.15, 0.2) is 0 Å². The molecule has 0 aliphatic carbocycles. The Morgan fingerprint density at radius 3 is 2.32 bits per heavy atom. The van der Waals surface area contributed by atoms with Crippen LogP contribution in [0.1, 0.15) is 21.5 Å². The molecule has 0 aliphatic heterocycles. The zero-order chi connectivity index (χ0) is 24.7. The molecule has 9 nitrogen and oxygen atoms in total. The van der Waals surface area contributed by atoms with E-state index in [0.29, 0.717) is 33.9 Å². The Morgan fingerprint density at radius 2 is 1.71 bits per heavy atom. The lowest BCUT2D eigenvalue weighted by molar-refractivity contribution is 0.102. The monoisotopic (exact) mass is 481 g/mol. The van der Waals surface area contributed by atoms with E-state index in [4.69, 9.17) is 19.5 Å². The highest BCUT2D eigenvalue weighted by Gasteiger charge is 2.14. The Balaban J connectivity index is 1.87. The summed E-state index contributed by atoms with van der Waals surface area (Å²) in [7, 11) is -0.509. The summed E-state index contributed by atoms with van der Waals surface area (Å²) >= 11 is 0. The lowest BCUT2D eigenvalue weighted by Crippen LogP contribution is -2.14. The summed E-state index contributed by atoms with van der Waals surface area (Å²) in [4.78, 5) is 12.6. The SMILES string of the molecule is COc1ccc(OC)c(COc2cc(NC(=O)c3ccc(C#N)cc3)ccc2NS(C)(=O)=O)c1. The largest absolute Gasteiger partial charge is 0.497 e. The van der Waals surface area contributed by atoms with Crippen molar-refractivity contribution < 1.29 is 27.4 Å². The van der Waals surface area contributed by atoms with Crippen LogP contribution in [0.25, 0.3) is 0 Å². The maximum absolute atomic E-state index is 12.6. The van der Waals surface area contributed by atoms with Gasteiger partial charge < -0.3 is 19.5 Å². The molecule has 0 bridgehead atoms. The van der Waals surface area contributed by atoms with Gasteiger partial charge in [0.25, 0.3) is 5.91 Å². The van der Waals surface area contributed by atoms with Crippen LogP contribution in [0.4, 0.5) is 11.4 Å². The fourth-order valence-electron chi connectivity index (χ4n) is 3.05. The second kappa shape index (κ2) is 10.6. The van der Waals surface area contributed by atoms with E-state index in [1.54, 1.807) is 55.6 Å². The molecule has 0 spiro atoms. The molecule has 10 heteroatoms. The van der Waals surface area contributed by atoms with Crippen molar-refractivity contribution in [1.82, 2.24) is 0 Å². The van der Waals surface area contributed by atoms with Gasteiger partial charge in [-0.15, -0.1) is 0 Å². The molecule has 34 heavy (non-hydrogen) atoms. The molecule has 3 rings (SSSR count). The van der Waals surface area contributed by atoms with Crippen molar-refractivity contribution in [1.29, 1.82) is 5.26 Å². The molecule has 0 radical (unpaired) electrons. The van der Waals surface area contributed by atoms with Crippen molar-refractivity contribution in [3.05, 3.63) is 77.4 Å². The van der Waals surface area contributed by atoms with E-state index in [1.807, 2.05) is 6.07 Å². The van der Waals surface area contributed by atoms with E-state index in [9.17, 15) is 13.2 Å². The molecule has 0 unspecified atom stereocenters. The van der Waals surface area contributed by atoms with Gasteiger partial charge in [-0.3, -0.25) is 9.52 Å². The highest BCUT2D eigenvalue weighted by Crippen LogP contribution is 2.32. The highest BCUT2D eigenvalue weighted by atomic mass is 32.2. The van der Waals surface area contributed by atoms with Crippen LogP contribution in [0.3, 0.4) is 0 Å². The first-order chi connectivity index (χ1) is 16.2. The van der Waals surface area contributed by atoms with E-state index >= 15 is 0 Å². The summed E-state index contributed by atoms with van der Waals surface area (Å²) in [5.74, 6) is 0.989. The number of nitrogens with one attached hydrogen (secondary N) is 2. The molecule has 0 fully saturated rings. The van der Waals surface area contributed by atoms with Crippen LogP contribution in [0, 0.1) is 11.3 Å². The molecule has 2 N–H and O–H groups in total. The number of benzene rings is 3. The number of anilines is 2. The highest BCUT2D eigenvalue weighted by molar-refractivity contribution is 7.92. The normalized spacial score (nSPS) is 10.6. The summed E-state index contributed by atoms with van der Waals surface area (Å²) in [6.45, 7) is 0.0475. The van der Waals surface area contributed by atoms with Crippen molar-refractivity contribution in [2.24, 2.45) is 0 Å². The molecule has 0 saturated heterocycles. The minimum atomic E-state index is -3.58. The van der Waals surface area contributed by atoms with E-state index in [-0.39, 0.29) is 18.0 Å². The van der Waals surface area contributed by atoms with Crippen molar-refractivity contribution >= 4 is 27.3 Å². The number of carbonyl (C=O) groups is 1. The van der Waals surface area contributed by atoms with Gasteiger partial charge >= 0.3 is 0 Å². The molecule has 0 saturated carbocycles. The molecule has 0 heterocycles. The predicted octanol–water partition coefficient (Wildman–Crippen LogP) is 3.78. The minimum Gasteiger partial charge on any atom is -0.497 e. The first kappa shape index (κ1) is 24.4. The maximum Gasteiger partial charge on any atom is 0.255 e. The number of rotatable bonds is 9. The van der Waals surface area contributed by atoms with Gasteiger partial charge in [0.2, 0.25) is 10.0 Å². The zero-order valence-electron chi connectivity index (χ0n) is 18.8. The first-order valence-corrected chi connectivity index (χ1v) is 11.9. The van der Waals surface area contributed by atoms with Gasteiger partial charge in [0, 0.05) is 22.9 Å². The Kier molecular flexibility index (Phi) is 7.60. The van der Waals surface area contributed by atoms with Crippen LogP contribution in [0.2, 0.25) is 0 Å². The molecule has 1 amide bonds. The summed E-state index contributed by atoms with van der Waals surface area (Å²) in [5.41, 5.74) is 2.08. The Bertz CT molecular complexity index is 1330. The molecule has 3 aromatic carbocycles. The average molecular weight is 482 g/mol. The van der Waals surface area contributed by atoms with Gasteiger partial charge in [0.1, 0.15) is 23.9 Å². The number of sulfonamides is 1. The topological polar surface area (TPSA) is 127 Å². The third-order valence-corrected chi connectivity index (χ3v) is 5.27. The van der Waals surface area contributed by atoms with Gasteiger partial charge in [-0.2, -0.15) is 5.26 Å². The summed E-state index contributed by atoms with van der Waals surface area (Å²) in [6, 6.07) is 18.0. The van der Waals surface area contributed by atoms with Crippen LogP contribution in [0.15, 0.2) is 60.7 Å². The third-order valence-electron chi connectivity index (χ3n) is 4.68. The molecular weight excluding hydrogens is 458 g/mol. The fourth-order valence-corrected chi connectivity index (χ4v) is 3.62. The van der Waals surface area contributed by atoms with E-state index in [1.165, 1.54) is 19.2 Å². The molecule has 0 aromatic heterocycles. The summed E-state index contributed by atoms with van der Waals surface area (Å²) in [5, 5.41) is 11.6. The number of amides is 1. The van der Waals surface area contributed by atoms with Crippen LogP contribution in [0.5, 0.6) is 17.2 Å². The van der Waals surface area contributed by atoms with Crippen molar-refractivity contribution in [3.8, 4) is 23.3 Å². The zero-order valence-corrected chi connectivity index (χ0v) is 19.6. The number of nitriles is 1. The van der Waals surface area contributed by atoms with E-state index < -0.39 is 15.9 Å². The van der Waals surface area contributed by atoms with Crippen molar-refractivity contribution in [2.75, 3.05) is 30.5 Å². The quantitative estimate of drug-likeness (QED) is 0.476. The van der Waals surface area contributed by atoms with Crippen molar-refractivity contribution in [3.63, 3.8) is 0 Å². The predicted molar refractivity (Wildman–Crippen MR) is 128 cm³/mol. The van der Waals surface area contributed by atoms with Crippen LogP contribution < -0.4 is 24.2 Å². The lowest BCUT2D eigenvalue weighted by Gasteiger charge is -2.16. The summed E-state index contributed by atoms with van der Waals surface area (Å²) < 4.78 is 42.6. The molecule has 0 atom stereocenters. The number of carbonyl (C=O) groups excluding carboxylic acids is 1. The number of nitrogens with zero attached hydrogens (tertiary/aromatic N) is 1. The number of methoxy groups -OCH3 is 2. The number of hydrogen-bond donors (Lipinski definition) is 2. The molecule has 3 aromatic rings. The van der Waals surface area contributed by atoms with Crippen molar-refractivity contribution in [2.45, 2.75) is 6.61 Å². The van der Waals surface area contributed by atoms with Crippen LogP contribution in [-0.2, 0) is 16.6 Å². The smallest absolute Gasteiger partial charge is 0.255 e. The van der Waals surface area contributed by atoms with Gasteiger partial charge in [-0.05, 0) is 54.6 Å². The molecule has 176 valence electrons. The second-order valence-corrected chi connectivity index (χ2v) is 8.94. The minimum absolute atomic E-state index is 0.0475. The number of ether oxygens (including phenoxy) is 3. The van der Waals surface area contributed by atoms with Gasteiger partial charge in [0.05, 0.1) is 37.8 Å². The molecule has 0 aliphatic rings. The number of hydrogen-bond acceptors (Lipinski definition) is 7. The fraction of sp³-hybridized carbons (Fsp3) is 0.167. The third kappa shape index (κ3) is 6.40. The van der Waals surface area contributed by atoms with E-state index in [0.717, 1.165) is 6.26 Å². The Labute approximate surface area is 197 Å². The lowest BCUT2D eigenvalue weighted by atomic mass is 10.1. The average Bonchev–Trinajstić information content (AvgIpc) is 2.83. The first-order valence-electron chi connectivity index (χ1n) is 9.99. The van der Waals surface area contributed by atoms with Gasteiger partial charge in [-0.1, -0.05) is 0 Å². The molecular formula is C24H23N3O6S. The Hall–Kier alpha value is -4.23. The summed E-state index contributed by atoms with van der Waals surface area (Å²) in [6.07, 6.45) is 1.03. The van der Waals surface area contributed by atoms with Gasteiger partial charge in [-0.25, -0.2) is 8.42 Å². The maximum atomic E-state index is 12.6. The van der Waals surface area contributed by atoms with E-state index in [2.05, 4.69) is 10.0 Å². The standard InChI is InChI=1S/C24H23N3O6S/c1-31-20-9-11-22(32-2)18(12-20)15-33-23-13-19(8-10-21(23)27-34(3,29)30)26-24(28)17-6-4-16(14-25)5-7-17/h4-13,27H,15H2,1-3H3,(H,26,28). The van der Waals surface area contributed by atoms with Crippen LogP contribution >= 0.6 is 0 Å². The second-order valence-electron chi connectivity index (χ2n) is 7.19. The van der Waals surface area contributed by atoms with Crippen LogP contribution in [-0.4, -0.2) is 34.8 Å².